The molecule has 2 aliphatic rings. The molecule has 2 fully saturated rings. The molecule has 2 heterocycles. The van der Waals surface area contributed by atoms with Gasteiger partial charge >= 0.3 is 0 Å². The van der Waals surface area contributed by atoms with Gasteiger partial charge in [0.05, 0.1) is 6.61 Å². The van der Waals surface area contributed by atoms with Crippen molar-refractivity contribution in [3.05, 3.63) is 17.1 Å². The van der Waals surface area contributed by atoms with Crippen LogP contribution in [0.5, 0.6) is 0 Å². The van der Waals surface area contributed by atoms with Crippen LogP contribution in [0.25, 0.3) is 0 Å². The highest BCUT2D eigenvalue weighted by Crippen LogP contribution is 2.27. The lowest BCUT2D eigenvalue weighted by Crippen LogP contribution is -2.42. The predicted octanol–water partition coefficient (Wildman–Crippen LogP) is 1.66. The van der Waals surface area contributed by atoms with E-state index in [9.17, 15) is 4.79 Å². The molecule has 0 bridgehead atoms. The van der Waals surface area contributed by atoms with Gasteiger partial charge in [-0.25, -0.2) is 9.97 Å². The van der Waals surface area contributed by atoms with Crippen LogP contribution in [0.3, 0.4) is 0 Å². The van der Waals surface area contributed by atoms with Crippen molar-refractivity contribution in [1.29, 1.82) is 0 Å². The van der Waals surface area contributed by atoms with Gasteiger partial charge in [-0.2, -0.15) is 0 Å². The predicted molar refractivity (Wildman–Crippen MR) is 101 cm³/mol. The number of hydrogen-bond donors (Lipinski definition) is 1. The van der Waals surface area contributed by atoms with Gasteiger partial charge in [-0.3, -0.25) is 4.79 Å². The van der Waals surface area contributed by atoms with Crippen molar-refractivity contribution in [3.8, 4) is 0 Å². The average Bonchev–Trinajstić information content (AvgIpc) is 3.29. The van der Waals surface area contributed by atoms with Gasteiger partial charge in [0.1, 0.15) is 5.82 Å². The zero-order valence-corrected chi connectivity index (χ0v) is 16.2. The fourth-order valence-corrected chi connectivity index (χ4v) is 3.98. The third kappa shape index (κ3) is 3.99. The van der Waals surface area contributed by atoms with Crippen LogP contribution in [0, 0.1) is 13.8 Å². The minimum Gasteiger partial charge on any atom is -0.383 e. The molecular weight excluding hydrogens is 330 g/mol. The van der Waals surface area contributed by atoms with Gasteiger partial charge in [-0.05, 0) is 33.1 Å². The molecule has 1 aromatic heterocycles. The number of carbonyl (C=O) groups is 1. The van der Waals surface area contributed by atoms with E-state index < -0.39 is 0 Å². The normalized spacial score (nSPS) is 20.8. The van der Waals surface area contributed by atoms with E-state index in [1.807, 2.05) is 18.7 Å². The Kier molecular flexibility index (Phi) is 6.09. The Morgan fingerprint density at radius 1 is 1.27 bits per heavy atom. The minimum absolute atomic E-state index is 0.0817. The highest BCUT2D eigenvalue weighted by Gasteiger charge is 2.30. The zero-order valence-electron chi connectivity index (χ0n) is 16.2. The molecule has 1 saturated heterocycles. The molecule has 0 radical (unpaired) electrons. The number of rotatable bonds is 6. The van der Waals surface area contributed by atoms with Crippen LogP contribution in [-0.2, 0) is 4.74 Å². The molecule has 0 unspecified atom stereocenters. The largest absolute Gasteiger partial charge is 0.383 e. The molecule has 1 saturated carbocycles. The number of ether oxygens (including phenoxy) is 1. The molecule has 2 N–H and O–H groups in total. The van der Waals surface area contributed by atoms with Gasteiger partial charge in [0.25, 0.3) is 5.91 Å². The summed E-state index contributed by atoms with van der Waals surface area (Å²) >= 11 is 0. The molecule has 1 aliphatic carbocycles. The quantitative estimate of drug-likeness (QED) is 0.829. The number of amides is 1. The van der Waals surface area contributed by atoms with E-state index in [-0.39, 0.29) is 18.0 Å². The van der Waals surface area contributed by atoms with Crippen molar-refractivity contribution in [2.24, 2.45) is 5.73 Å². The maximum atomic E-state index is 13.2. The van der Waals surface area contributed by atoms with Gasteiger partial charge in [-0.1, -0.05) is 12.8 Å². The molecule has 0 spiro atoms. The Hall–Kier alpha value is -1.73. The Bertz CT molecular complexity index is 645. The van der Waals surface area contributed by atoms with Gasteiger partial charge in [-0.15, -0.1) is 0 Å². The standard InChI is InChI=1S/C19H31N5O2/c1-13-14(2)21-17(22-18(13)23-9-8-15(20)12-23)19(25)24(10-11-26-3)16-6-4-5-7-16/h15-16H,4-12,20H2,1-3H3/t15-/m1/s1. The van der Waals surface area contributed by atoms with Gasteiger partial charge < -0.3 is 20.3 Å². The van der Waals surface area contributed by atoms with Crippen molar-refractivity contribution in [2.75, 3.05) is 38.3 Å². The topological polar surface area (TPSA) is 84.6 Å². The number of nitrogens with zero attached hydrogens (tertiary/aromatic N) is 4. The molecule has 1 atom stereocenters. The molecule has 0 aromatic carbocycles. The van der Waals surface area contributed by atoms with E-state index in [4.69, 9.17) is 10.5 Å². The van der Waals surface area contributed by atoms with Crippen LogP contribution in [0.15, 0.2) is 0 Å². The smallest absolute Gasteiger partial charge is 0.292 e. The maximum Gasteiger partial charge on any atom is 0.292 e. The van der Waals surface area contributed by atoms with Crippen molar-refractivity contribution in [2.45, 2.75) is 58.0 Å². The van der Waals surface area contributed by atoms with E-state index in [1.54, 1.807) is 7.11 Å². The summed E-state index contributed by atoms with van der Waals surface area (Å²) in [5, 5.41) is 0. The lowest BCUT2D eigenvalue weighted by atomic mass is 10.2. The van der Waals surface area contributed by atoms with Crippen LogP contribution in [0.2, 0.25) is 0 Å². The lowest BCUT2D eigenvalue weighted by molar-refractivity contribution is 0.0593. The van der Waals surface area contributed by atoms with Crippen molar-refractivity contribution in [3.63, 3.8) is 0 Å². The Morgan fingerprint density at radius 2 is 2.00 bits per heavy atom. The highest BCUT2D eigenvalue weighted by atomic mass is 16.5. The average molecular weight is 361 g/mol. The van der Waals surface area contributed by atoms with Gasteiger partial charge in [0, 0.05) is 50.1 Å². The summed E-state index contributed by atoms with van der Waals surface area (Å²) in [5.74, 6) is 1.07. The summed E-state index contributed by atoms with van der Waals surface area (Å²) in [7, 11) is 1.67. The molecule has 1 aromatic rings. The molecule has 1 amide bonds. The first-order valence-electron chi connectivity index (χ1n) is 9.67. The third-order valence-electron chi connectivity index (χ3n) is 5.64. The van der Waals surface area contributed by atoms with Crippen molar-refractivity contribution >= 4 is 11.7 Å². The van der Waals surface area contributed by atoms with E-state index in [0.717, 1.165) is 49.4 Å². The number of aryl methyl sites for hydroxylation is 1. The van der Waals surface area contributed by atoms with E-state index in [0.29, 0.717) is 19.0 Å². The van der Waals surface area contributed by atoms with Crippen LogP contribution in [0.4, 0.5) is 5.82 Å². The van der Waals surface area contributed by atoms with Gasteiger partial charge in [0.15, 0.2) is 0 Å². The minimum atomic E-state index is -0.0817. The van der Waals surface area contributed by atoms with Crippen molar-refractivity contribution in [1.82, 2.24) is 14.9 Å². The number of anilines is 1. The number of methoxy groups -OCH3 is 1. The highest BCUT2D eigenvalue weighted by molar-refractivity contribution is 5.91. The number of carbonyl (C=O) groups excluding carboxylic acids is 1. The van der Waals surface area contributed by atoms with Gasteiger partial charge in [0.2, 0.25) is 5.82 Å². The summed E-state index contributed by atoms with van der Waals surface area (Å²) in [5.41, 5.74) is 7.95. The summed E-state index contributed by atoms with van der Waals surface area (Å²) < 4.78 is 5.22. The molecule has 144 valence electrons. The molecule has 3 rings (SSSR count). The first-order chi connectivity index (χ1) is 12.5. The Balaban J connectivity index is 1.88. The fourth-order valence-electron chi connectivity index (χ4n) is 3.98. The van der Waals surface area contributed by atoms with E-state index in [2.05, 4.69) is 14.9 Å². The maximum absolute atomic E-state index is 13.2. The molecular formula is C19H31N5O2. The third-order valence-corrected chi connectivity index (χ3v) is 5.64. The zero-order chi connectivity index (χ0) is 18.7. The summed E-state index contributed by atoms with van der Waals surface area (Å²) in [6, 6.07) is 0.437. The second-order valence-electron chi connectivity index (χ2n) is 7.51. The number of aromatic nitrogens is 2. The van der Waals surface area contributed by atoms with Crippen LogP contribution < -0.4 is 10.6 Å². The lowest BCUT2D eigenvalue weighted by Gasteiger charge is -2.29. The van der Waals surface area contributed by atoms with Crippen molar-refractivity contribution < 1.29 is 9.53 Å². The van der Waals surface area contributed by atoms with Crippen LogP contribution in [0.1, 0.15) is 54.0 Å². The SMILES string of the molecule is COCCN(C(=O)c1nc(C)c(C)c(N2CC[C@@H](N)C2)n1)C1CCCC1. The fraction of sp³-hybridized carbons (Fsp3) is 0.737. The summed E-state index contributed by atoms with van der Waals surface area (Å²) in [6.07, 6.45) is 5.40. The van der Waals surface area contributed by atoms with E-state index in [1.165, 1.54) is 12.8 Å². The number of hydrogen-bond acceptors (Lipinski definition) is 6. The second-order valence-corrected chi connectivity index (χ2v) is 7.51. The monoisotopic (exact) mass is 361 g/mol. The number of nitrogens with two attached hydrogens (primary N) is 1. The first kappa shape index (κ1) is 19.0. The first-order valence-corrected chi connectivity index (χ1v) is 9.67. The van der Waals surface area contributed by atoms with Crippen LogP contribution >= 0.6 is 0 Å². The molecule has 1 aliphatic heterocycles. The molecule has 26 heavy (non-hydrogen) atoms. The second kappa shape index (κ2) is 8.31. The molecule has 7 heteroatoms. The molecule has 7 nitrogen and oxygen atoms in total. The van der Waals surface area contributed by atoms with E-state index >= 15 is 0 Å². The Labute approximate surface area is 155 Å². The summed E-state index contributed by atoms with van der Waals surface area (Å²) in [6.45, 7) is 6.73. The summed E-state index contributed by atoms with van der Waals surface area (Å²) in [4.78, 5) is 26.5. The Morgan fingerprint density at radius 3 is 2.62 bits per heavy atom. The van der Waals surface area contributed by atoms with Crippen LogP contribution in [-0.4, -0.2) is 66.2 Å².